The first-order valence-electron chi connectivity index (χ1n) is 4.28. The van der Waals surface area contributed by atoms with Crippen molar-refractivity contribution in [1.29, 1.82) is 5.26 Å². The minimum Gasteiger partial charge on any atom is -0.354 e. The van der Waals surface area contributed by atoms with Gasteiger partial charge in [-0.25, -0.2) is 0 Å². The average Bonchev–Trinajstić information content (AvgIpc) is 2.74. The van der Waals surface area contributed by atoms with E-state index in [2.05, 4.69) is 27.3 Å². The van der Waals surface area contributed by atoms with Crippen LogP contribution in [0.1, 0.15) is 5.56 Å². The van der Waals surface area contributed by atoms with Crippen molar-refractivity contribution in [3.05, 3.63) is 45.1 Å². The first-order valence-corrected chi connectivity index (χ1v) is 6.02. The SMILES string of the molecule is N#Cc1ccc(Nc2ccsc2)c(Br)c1. The van der Waals surface area contributed by atoms with Crippen molar-refractivity contribution in [3.8, 4) is 6.07 Å². The van der Waals surface area contributed by atoms with Gasteiger partial charge in [-0.15, -0.1) is 0 Å². The maximum atomic E-state index is 8.72. The normalized spacial score (nSPS) is 9.60. The molecule has 0 fully saturated rings. The van der Waals surface area contributed by atoms with E-state index in [1.807, 2.05) is 22.9 Å². The Morgan fingerprint density at radius 1 is 1.33 bits per heavy atom. The number of benzene rings is 1. The van der Waals surface area contributed by atoms with E-state index < -0.39 is 0 Å². The third kappa shape index (κ3) is 2.38. The molecule has 0 amide bonds. The summed E-state index contributed by atoms with van der Waals surface area (Å²) in [4.78, 5) is 0. The highest BCUT2D eigenvalue weighted by Gasteiger charge is 2.01. The fourth-order valence-electron chi connectivity index (χ4n) is 1.18. The van der Waals surface area contributed by atoms with Crippen LogP contribution >= 0.6 is 27.3 Å². The second-order valence-corrected chi connectivity index (χ2v) is 4.58. The van der Waals surface area contributed by atoms with Gasteiger partial charge < -0.3 is 5.32 Å². The number of nitrogens with one attached hydrogen (secondary N) is 1. The summed E-state index contributed by atoms with van der Waals surface area (Å²) in [5, 5.41) is 16.0. The molecule has 0 aliphatic rings. The molecule has 1 heterocycles. The molecule has 0 bridgehead atoms. The average molecular weight is 279 g/mol. The van der Waals surface area contributed by atoms with Gasteiger partial charge in [0.15, 0.2) is 0 Å². The molecule has 1 aromatic carbocycles. The van der Waals surface area contributed by atoms with Crippen molar-refractivity contribution < 1.29 is 0 Å². The van der Waals surface area contributed by atoms with Crippen LogP contribution in [0.4, 0.5) is 11.4 Å². The number of hydrogen-bond acceptors (Lipinski definition) is 3. The summed E-state index contributed by atoms with van der Waals surface area (Å²) in [5.74, 6) is 0. The van der Waals surface area contributed by atoms with E-state index in [0.29, 0.717) is 5.56 Å². The van der Waals surface area contributed by atoms with Crippen molar-refractivity contribution in [2.75, 3.05) is 5.32 Å². The van der Waals surface area contributed by atoms with E-state index in [1.165, 1.54) is 0 Å². The van der Waals surface area contributed by atoms with Crippen LogP contribution in [-0.4, -0.2) is 0 Å². The molecule has 0 saturated carbocycles. The number of hydrogen-bond donors (Lipinski definition) is 1. The Hall–Kier alpha value is -1.31. The Kier molecular flexibility index (Phi) is 3.05. The van der Waals surface area contributed by atoms with Gasteiger partial charge in [-0.3, -0.25) is 0 Å². The fourth-order valence-corrected chi connectivity index (χ4v) is 2.24. The molecule has 0 unspecified atom stereocenters. The Labute approximate surface area is 100 Å². The van der Waals surface area contributed by atoms with Gasteiger partial charge in [0.2, 0.25) is 0 Å². The largest absolute Gasteiger partial charge is 0.354 e. The van der Waals surface area contributed by atoms with Crippen LogP contribution in [-0.2, 0) is 0 Å². The fraction of sp³-hybridized carbons (Fsp3) is 0. The number of nitrogens with zero attached hydrogens (tertiary/aromatic N) is 1. The smallest absolute Gasteiger partial charge is 0.0992 e. The highest BCUT2D eigenvalue weighted by atomic mass is 79.9. The lowest BCUT2D eigenvalue weighted by atomic mass is 10.2. The van der Waals surface area contributed by atoms with Crippen LogP contribution in [0.25, 0.3) is 0 Å². The predicted octanol–water partition coefficient (Wildman–Crippen LogP) is 4.13. The Balaban J connectivity index is 2.27. The molecule has 0 spiro atoms. The lowest BCUT2D eigenvalue weighted by Crippen LogP contribution is -1.89. The van der Waals surface area contributed by atoms with Gasteiger partial charge in [-0.2, -0.15) is 16.6 Å². The molecule has 15 heavy (non-hydrogen) atoms. The zero-order valence-corrected chi connectivity index (χ0v) is 10.1. The van der Waals surface area contributed by atoms with Crippen molar-refractivity contribution in [2.24, 2.45) is 0 Å². The topological polar surface area (TPSA) is 35.8 Å². The molecule has 4 heteroatoms. The summed E-state index contributed by atoms with van der Waals surface area (Å²) in [6, 6.07) is 9.59. The number of anilines is 2. The zero-order chi connectivity index (χ0) is 10.7. The van der Waals surface area contributed by atoms with Crippen molar-refractivity contribution in [3.63, 3.8) is 0 Å². The van der Waals surface area contributed by atoms with Gasteiger partial charge in [-0.05, 0) is 45.6 Å². The lowest BCUT2D eigenvalue weighted by Gasteiger charge is -2.06. The third-order valence-corrected chi connectivity index (χ3v) is 3.24. The summed E-state index contributed by atoms with van der Waals surface area (Å²) in [5.41, 5.74) is 2.68. The van der Waals surface area contributed by atoms with Crippen LogP contribution in [0.15, 0.2) is 39.5 Å². The van der Waals surface area contributed by atoms with Gasteiger partial charge in [0.05, 0.1) is 17.3 Å². The Bertz CT molecular complexity index is 500. The molecule has 1 N–H and O–H groups in total. The number of rotatable bonds is 2. The maximum absolute atomic E-state index is 8.72. The molecule has 0 aliphatic heterocycles. The molecule has 74 valence electrons. The number of thiophene rings is 1. The van der Waals surface area contributed by atoms with E-state index in [1.54, 1.807) is 23.5 Å². The van der Waals surface area contributed by atoms with Gasteiger partial charge in [0.1, 0.15) is 0 Å². The molecule has 0 atom stereocenters. The minimum atomic E-state index is 0.651. The van der Waals surface area contributed by atoms with Gasteiger partial charge in [-0.1, -0.05) is 0 Å². The van der Waals surface area contributed by atoms with Crippen LogP contribution in [0.3, 0.4) is 0 Å². The molecule has 0 radical (unpaired) electrons. The summed E-state index contributed by atoms with van der Waals surface area (Å²) in [6.07, 6.45) is 0. The standard InChI is InChI=1S/C11H7BrN2S/c12-10-5-8(6-13)1-2-11(10)14-9-3-4-15-7-9/h1-5,7,14H. The van der Waals surface area contributed by atoms with Crippen LogP contribution < -0.4 is 5.32 Å². The third-order valence-electron chi connectivity index (χ3n) is 1.90. The monoisotopic (exact) mass is 278 g/mol. The van der Waals surface area contributed by atoms with Crippen molar-refractivity contribution in [2.45, 2.75) is 0 Å². The first-order chi connectivity index (χ1) is 7.29. The lowest BCUT2D eigenvalue weighted by molar-refractivity contribution is 1.46. The summed E-state index contributed by atoms with van der Waals surface area (Å²) in [7, 11) is 0. The van der Waals surface area contributed by atoms with Crippen molar-refractivity contribution in [1.82, 2.24) is 0 Å². The molecule has 0 aliphatic carbocycles. The Morgan fingerprint density at radius 2 is 2.20 bits per heavy atom. The highest BCUT2D eigenvalue weighted by molar-refractivity contribution is 9.10. The highest BCUT2D eigenvalue weighted by Crippen LogP contribution is 2.27. The molecule has 2 rings (SSSR count). The van der Waals surface area contributed by atoms with Gasteiger partial charge in [0.25, 0.3) is 0 Å². The van der Waals surface area contributed by atoms with E-state index in [9.17, 15) is 0 Å². The van der Waals surface area contributed by atoms with Crippen LogP contribution in [0.5, 0.6) is 0 Å². The van der Waals surface area contributed by atoms with Gasteiger partial charge >= 0.3 is 0 Å². The van der Waals surface area contributed by atoms with E-state index >= 15 is 0 Å². The van der Waals surface area contributed by atoms with Gasteiger partial charge in [0, 0.05) is 15.5 Å². The molecule has 2 nitrogen and oxygen atoms in total. The minimum absolute atomic E-state index is 0.651. The summed E-state index contributed by atoms with van der Waals surface area (Å²) < 4.78 is 0.896. The molecule has 2 aromatic rings. The van der Waals surface area contributed by atoms with E-state index in [0.717, 1.165) is 15.8 Å². The van der Waals surface area contributed by atoms with E-state index in [-0.39, 0.29) is 0 Å². The van der Waals surface area contributed by atoms with Crippen LogP contribution in [0.2, 0.25) is 0 Å². The first kappa shape index (κ1) is 10.2. The second-order valence-electron chi connectivity index (χ2n) is 2.94. The van der Waals surface area contributed by atoms with Crippen molar-refractivity contribution >= 4 is 38.6 Å². The van der Waals surface area contributed by atoms with E-state index in [4.69, 9.17) is 5.26 Å². The second kappa shape index (κ2) is 4.47. The molecular weight excluding hydrogens is 272 g/mol. The van der Waals surface area contributed by atoms with Crippen LogP contribution in [0, 0.1) is 11.3 Å². The zero-order valence-electron chi connectivity index (χ0n) is 7.70. The number of halogens is 1. The quantitative estimate of drug-likeness (QED) is 0.897. The summed E-state index contributed by atoms with van der Waals surface area (Å²) >= 11 is 5.07. The number of nitriles is 1. The molecule has 1 aromatic heterocycles. The molecule has 0 saturated heterocycles. The molecular formula is C11H7BrN2S. The summed E-state index contributed by atoms with van der Waals surface area (Å²) in [6.45, 7) is 0. The predicted molar refractivity (Wildman–Crippen MR) is 66.5 cm³/mol. The Morgan fingerprint density at radius 3 is 2.80 bits per heavy atom. The maximum Gasteiger partial charge on any atom is 0.0992 e.